The van der Waals surface area contributed by atoms with Gasteiger partial charge in [0, 0.05) is 0 Å². The molecule has 24 heavy (non-hydrogen) atoms. The number of nitrogens with zero attached hydrogens (tertiary/aromatic N) is 1. The second-order valence-corrected chi connectivity index (χ2v) is 9.01. The summed E-state index contributed by atoms with van der Waals surface area (Å²) in [5.74, 6) is -1.66. The largest absolute Gasteiger partial charge is 0.481 e. The predicted molar refractivity (Wildman–Crippen MR) is 94.5 cm³/mol. The Hall–Kier alpha value is -1.40. The van der Waals surface area contributed by atoms with Crippen LogP contribution in [-0.2, 0) is 20.4 Å². The van der Waals surface area contributed by atoms with Crippen LogP contribution in [0.5, 0.6) is 0 Å². The highest BCUT2D eigenvalue weighted by Crippen LogP contribution is 2.24. The van der Waals surface area contributed by atoms with Crippen LogP contribution in [0.3, 0.4) is 0 Å². The Balaban J connectivity index is 1.89. The van der Waals surface area contributed by atoms with E-state index in [4.69, 9.17) is 0 Å². The molecule has 1 N–H and O–H groups in total. The van der Waals surface area contributed by atoms with Crippen LogP contribution in [0, 0.1) is 11.8 Å². The van der Waals surface area contributed by atoms with Gasteiger partial charge >= 0.3 is 5.97 Å². The smallest absolute Gasteiger partial charge is 0.307 e. The van der Waals surface area contributed by atoms with Gasteiger partial charge < -0.3 is 10.0 Å². The average molecular weight is 353 g/mol. The minimum absolute atomic E-state index is 0.0914. The first kappa shape index (κ1) is 18.9. The Morgan fingerprint density at radius 2 is 1.88 bits per heavy atom. The molecule has 6 heteroatoms. The highest BCUT2D eigenvalue weighted by Gasteiger charge is 2.27. The topological polar surface area (TPSA) is 74.7 Å². The third-order valence-corrected chi connectivity index (χ3v) is 6.48. The molecule has 0 unspecified atom stereocenters. The third kappa shape index (κ3) is 6.24. The van der Waals surface area contributed by atoms with Crippen LogP contribution in [-0.4, -0.2) is 50.3 Å². The number of sulfone groups is 1. The van der Waals surface area contributed by atoms with Crippen LogP contribution >= 0.6 is 0 Å². The van der Waals surface area contributed by atoms with Crippen molar-refractivity contribution in [1.82, 2.24) is 4.90 Å². The monoisotopic (exact) mass is 353 g/mol. The Kier molecular flexibility index (Phi) is 6.80. The van der Waals surface area contributed by atoms with Crippen molar-refractivity contribution in [2.24, 2.45) is 11.8 Å². The number of hydrogen-bond donors (Lipinski definition) is 1. The van der Waals surface area contributed by atoms with Crippen molar-refractivity contribution in [2.75, 3.05) is 25.9 Å². The first-order valence-electron chi connectivity index (χ1n) is 8.51. The molecule has 1 atom stereocenters. The zero-order chi connectivity index (χ0) is 17.6. The SMILES string of the molecule is CN1CCC(CC[C@@H](CS(=O)(=O)Cc2ccccc2)C(=O)O)CC1. The predicted octanol–water partition coefficient (Wildman–Crippen LogP) is 2.42. The molecule has 0 aliphatic carbocycles. The Labute approximate surface area is 144 Å². The Morgan fingerprint density at radius 3 is 2.46 bits per heavy atom. The number of piperidine rings is 1. The van der Waals surface area contributed by atoms with Gasteiger partial charge in [-0.3, -0.25) is 4.79 Å². The normalized spacial score (nSPS) is 18.4. The molecule has 1 saturated heterocycles. The van der Waals surface area contributed by atoms with Crippen LogP contribution in [0.25, 0.3) is 0 Å². The van der Waals surface area contributed by atoms with Crippen molar-refractivity contribution < 1.29 is 18.3 Å². The number of carbonyl (C=O) groups is 1. The van der Waals surface area contributed by atoms with Gasteiger partial charge in [-0.05, 0) is 57.3 Å². The lowest BCUT2D eigenvalue weighted by Gasteiger charge is -2.29. The van der Waals surface area contributed by atoms with E-state index in [2.05, 4.69) is 11.9 Å². The molecule has 0 aromatic heterocycles. The fourth-order valence-corrected chi connectivity index (χ4v) is 5.00. The van der Waals surface area contributed by atoms with Crippen molar-refractivity contribution in [3.63, 3.8) is 0 Å². The molecular weight excluding hydrogens is 326 g/mol. The summed E-state index contributed by atoms with van der Waals surface area (Å²) in [5.41, 5.74) is 0.706. The van der Waals surface area contributed by atoms with Crippen molar-refractivity contribution in [3.8, 4) is 0 Å². The van der Waals surface area contributed by atoms with Gasteiger partial charge in [0.1, 0.15) is 0 Å². The van der Waals surface area contributed by atoms with Gasteiger partial charge in [0.25, 0.3) is 0 Å². The first-order chi connectivity index (χ1) is 11.4. The van der Waals surface area contributed by atoms with E-state index in [0.29, 0.717) is 17.9 Å². The van der Waals surface area contributed by atoms with Crippen LogP contribution < -0.4 is 0 Å². The molecule has 1 aliphatic rings. The van der Waals surface area contributed by atoms with Gasteiger partial charge in [0.05, 0.1) is 17.4 Å². The van der Waals surface area contributed by atoms with Gasteiger partial charge in [0.15, 0.2) is 9.84 Å². The summed E-state index contributed by atoms with van der Waals surface area (Å²) in [6, 6.07) is 8.93. The Morgan fingerprint density at radius 1 is 1.25 bits per heavy atom. The molecule has 0 bridgehead atoms. The molecule has 1 aromatic carbocycles. The van der Waals surface area contributed by atoms with E-state index in [1.54, 1.807) is 24.3 Å². The van der Waals surface area contributed by atoms with E-state index in [9.17, 15) is 18.3 Å². The number of carboxylic acids is 1. The second-order valence-electron chi connectivity index (χ2n) is 6.90. The van der Waals surface area contributed by atoms with Gasteiger partial charge in [-0.15, -0.1) is 0 Å². The van der Waals surface area contributed by atoms with Crippen LogP contribution in [0.4, 0.5) is 0 Å². The number of rotatable bonds is 8. The maximum atomic E-state index is 12.3. The number of aliphatic carboxylic acids is 1. The number of likely N-dealkylation sites (tertiary alicyclic amines) is 1. The molecule has 134 valence electrons. The lowest BCUT2D eigenvalue weighted by molar-refractivity contribution is -0.141. The van der Waals surface area contributed by atoms with E-state index in [1.807, 2.05) is 6.07 Å². The summed E-state index contributed by atoms with van der Waals surface area (Å²) in [4.78, 5) is 13.8. The summed E-state index contributed by atoms with van der Waals surface area (Å²) < 4.78 is 24.7. The molecule has 0 radical (unpaired) electrons. The van der Waals surface area contributed by atoms with E-state index in [0.717, 1.165) is 32.4 Å². The highest BCUT2D eigenvalue weighted by atomic mass is 32.2. The fraction of sp³-hybridized carbons (Fsp3) is 0.611. The summed E-state index contributed by atoms with van der Waals surface area (Å²) >= 11 is 0. The maximum absolute atomic E-state index is 12.3. The zero-order valence-corrected chi connectivity index (χ0v) is 15.0. The van der Waals surface area contributed by atoms with Crippen LogP contribution in [0.1, 0.15) is 31.2 Å². The third-order valence-electron chi connectivity index (χ3n) is 4.80. The molecule has 0 spiro atoms. The first-order valence-corrected chi connectivity index (χ1v) is 10.3. The average Bonchev–Trinajstić information content (AvgIpc) is 2.53. The molecular formula is C18H27NO4S. The minimum atomic E-state index is -3.43. The van der Waals surface area contributed by atoms with Gasteiger partial charge in [-0.25, -0.2) is 8.42 Å². The van der Waals surface area contributed by atoms with Crippen molar-refractivity contribution in [1.29, 1.82) is 0 Å². The van der Waals surface area contributed by atoms with Gasteiger partial charge in [-0.1, -0.05) is 30.3 Å². The molecule has 0 amide bonds. The molecule has 5 nitrogen and oxygen atoms in total. The molecule has 1 heterocycles. The minimum Gasteiger partial charge on any atom is -0.481 e. The highest BCUT2D eigenvalue weighted by molar-refractivity contribution is 7.90. The summed E-state index contributed by atoms with van der Waals surface area (Å²) in [5, 5.41) is 9.40. The van der Waals surface area contributed by atoms with E-state index < -0.39 is 21.7 Å². The molecule has 0 saturated carbocycles. The second kappa shape index (κ2) is 8.62. The lowest BCUT2D eigenvalue weighted by Crippen LogP contribution is -2.31. The van der Waals surface area contributed by atoms with E-state index >= 15 is 0 Å². The molecule has 1 aromatic rings. The molecule has 1 fully saturated rings. The lowest BCUT2D eigenvalue weighted by atomic mass is 9.89. The Bertz CT molecular complexity index is 622. The fourth-order valence-electron chi connectivity index (χ4n) is 3.26. The summed E-state index contributed by atoms with van der Waals surface area (Å²) in [6.45, 7) is 2.07. The molecule has 2 rings (SSSR count). The van der Waals surface area contributed by atoms with Crippen LogP contribution in [0.2, 0.25) is 0 Å². The molecule has 1 aliphatic heterocycles. The number of carboxylic acid groups (broad SMARTS) is 1. The van der Waals surface area contributed by atoms with Gasteiger partial charge in [0.2, 0.25) is 0 Å². The maximum Gasteiger partial charge on any atom is 0.307 e. The van der Waals surface area contributed by atoms with E-state index in [-0.39, 0.29) is 11.5 Å². The van der Waals surface area contributed by atoms with Crippen molar-refractivity contribution >= 4 is 15.8 Å². The van der Waals surface area contributed by atoms with E-state index in [1.165, 1.54) is 0 Å². The van der Waals surface area contributed by atoms with Gasteiger partial charge in [-0.2, -0.15) is 0 Å². The standard InChI is InChI=1S/C18H27NO4S/c1-19-11-9-15(10-12-19)7-8-17(18(20)21)14-24(22,23)13-16-5-3-2-4-6-16/h2-6,15,17H,7-14H2,1H3,(H,20,21)/t17-/m0/s1. The number of hydrogen-bond acceptors (Lipinski definition) is 4. The van der Waals surface area contributed by atoms with Crippen molar-refractivity contribution in [3.05, 3.63) is 35.9 Å². The summed E-state index contributed by atoms with van der Waals surface area (Å²) in [7, 11) is -1.34. The quantitative estimate of drug-likeness (QED) is 0.777. The van der Waals surface area contributed by atoms with Crippen LogP contribution in [0.15, 0.2) is 30.3 Å². The van der Waals surface area contributed by atoms with Crippen molar-refractivity contribution in [2.45, 2.75) is 31.4 Å². The summed E-state index contributed by atoms with van der Waals surface area (Å²) in [6.07, 6.45) is 3.38. The zero-order valence-electron chi connectivity index (χ0n) is 14.2. The number of benzene rings is 1.